The number of rotatable bonds is 8. The number of nitrogens with zero attached hydrogens (tertiary/aromatic N) is 4. The minimum atomic E-state index is -0.800. The van der Waals surface area contributed by atoms with Crippen LogP contribution < -0.4 is 14.8 Å². The molecule has 0 aromatic carbocycles. The molecule has 0 saturated carbocycles. The molecule has 1 amide bonds. The number of pyridine rings is 2. The second-order valence-electron chi connectivity index (χ2n) is 7.89. The molecule has 0 fully saturated rings. The number of aromatic nitrogens is 4. The molecule has 3 aromatic rings. The smallest absolute Gasteiger partial charge is 0.261 e. The lowest BCUT2D eigenvalue weighted by Gasteiger charge is -2.16. The average Bonchev–Trinajstić information content (AvgIpc) is 3.07. The average molecular weight is 413 g/mol. The van der Waals surface area contributed by atoms with Gasteiger partial charge in [-0.25, -0.2) is 4.98 Å². The van der Waals surface area contributed by atoms with Gasteiger partial charge in [0.15, 0.2) is 5.65 Å². The Balaban J connectivity index is 1.95. The summed E-state index contributed by atoms with van der Waals surface area (Å²) in [7, 11) is 1.49. The van der Waals surface area contributed by atoms with E-state index >= 15 is 0 Å². The van der Waals surface area contributed by atoms with E-state index in [0.717, 1.165) is 0 Å². The zero-order chi connectivity index (χ0) is 21.9. The Morgan fingerprint density at radius 2 is 2.10 bits per heavy atom. The van der Waals surface area contributed by atoms with Crippen molar-refractivity contribution < 1.29 is 19.4 Å². The molecule has 0 aliphatic heterocycles. The van der Waals surface area contributed by atoms with E-state index in [4.69, 9.17) is 9.47 Å². The molecule has 9 nitrogen and oxygen atoms in total. The normalized spacial score (nSPS) is 11.7. The number of hydrogen-bond donors (Lipinski definition) is 2. The maximum absolute atomic E-state index is 13.0. The van der Waals surface area contributed by atoms with Crippen molar-refractivity contribution in [1.82, 2.24) is 19.7 Å². The number of carbonyl (C=O) groups is 1. The van der Waals surface area contributed by atoms with E-state index in [1.165, 1.54) is 7.11 Å². The van der Waals surface area contributed by atoms with Crippen molar-refractivity contribution in [2.24, 2.45) is 0 Å². The number of aryl methyl sites for hydroxylation is 1. The third-order valence-corrected chi connectivity index (χ3v) is 4.26. The number of amides is 1. The third kappa shape index (κ3) is 5.24. The van der Waals surface area contributed by atoms with Gasteiger partial charge in [-0.15, -0.1) is 0 Å². The predicted molar refractivity (Wildman–Crippen MR) is 113 cm³/mol. The Hall–Kier alpha value is -3.20. The van der Waals surface area contributed by atoms with E-state index in [9.17, 15) is 9.90 Å². The first-order valence-corrected chi connectivity index (χ1v) is 9.74. The summed E-state index contributed by atoms with van der Waals surface area (Å²) in [5, 5.41) is 17.9. The zero-order valence-corrected chi connectivity index (χ0v) is 17.8. The highest BCUT2D eigenvalue weighted by Gasteiger charge is 2.20. The lowest BCUT2D eigenvalue weighted by molar-refractivity contribution is 0.0651. The molecule has 30 heavy (non-hydrogen) atoms. The van der Waals surface area contributed by atoms with Crippen LogP contribution in [0.5, 0.6) is 11.8 Å². The summed E-state index contributed by atoms with van der Waals surface area (Å²) >= 11 is 0. The summed E-state index contributed by atoms with van der Waals surface area (Å²) in [4.78, 5) is 21.6. The molecule has 0 aliphatic rings. The van der Waals surface area contributed by atoms with Crippen LogP contribution in [-0.4, -0.2) is 49.6 Å². The Labute approximate surface area is 175 Å². The van der Waals surface area contributed by atoms with Gasteiger partial charge in [0.25, 0.3) is 5.91 Å². The van der Waals surface area contributed by atoms with Crippen LogP contribution in [0, 0.1) is 0 Å². The number of aliphatic hydroxyl groups is 1. The van der Waals surface area contributed by atoms with Crippen LogP contribution in [0.1, 0.15) is 44.5 Å². The second-order valence-corrected chi connectivity index (χ2v) is 7.89. The maximum Gasteiger partial charge on any atom is 0.261 e. The summed E-state index contributed by atoms with van der Waals surface area (Å²) in [5.41, 5.74) is 0.396. The van der Waals surface area contributed by atoms with Crippen molar-refractivity contribution in [3.63, 3.8) is 0 Å². The minimum Gasteiger partial charge on any atom is -0.480 e. The lowest BCUT2D eigenvalue weighted by Crippen LogP contribution is -2.21. The molecule has 0 unspecified atom stereocenters. The summed E-state index contributed by atoms with van der Waals surface area (Å²) in [6.45, 7) is 7.74. The van der Waals surface area contributed by atoms with E-state index in [0.29, 0.717) is 35.6 Å². The third-order valence-electron chi connectivity index (χ3n) is 4.26. The van der Waals surface area contributed by atoms with Crippen molar-refractivity contribution in [3.8, 4) is 11.8 Å². The van der Waals surface area contributed by atoms with Crippen LogP contribution >= 0.6 is 0 Å². The number of carbonyl (C=O) groups excluding carboxylic acids is 1. The topological polar surface area (TPSA) is 111 Å². The molecular weight excluding hydrogens is 386 g/mol. The van der Waals surface area contributed by atoms with Crippen molar-refractivity contribution in [2.45, 2.75) is 52.4 Å². The van der Waals surface area contributed by atoms with Crippen LogP contribution in [0.4, 0.5) is 5.69 Å². The molecule has 160 valence electrons. The predicted octanol–water partition coefficient (Wildman–Crippen LogP) is 3.04. The maximum atomic E-state index is 13.0. The van der Waals surface area contributed by atoms with Gasteiger partial charge in [0.05, 0.1) is 18.8 Å². The Bertz CT molecular complexity index is 1040. The number of ether oxygens (including phenoxy) is 2. The zero-order valence-electron chi connectivity index (χ0n) is 17.8. The van der Waals surface area contributed by atoms with Crippen LogP contribution in [0.15, 0.2) is 30.6 Å². The summed E-state index contributed by atoms with van der Waals surface area (Å²) < 4.78 is 12.7. The molecule has 3 aromatic heterocycles. The van der Waals surface area contributed by atoms with Crippen molar-refractivity contribution in [2.75, 3.05) is 12.4 Å². The molecule has 9 heteroatoms. The lowest BCUT2D eigenvalue weighted by atomic mass is 10.1. The molecule has 0 aliphatic carbocycles. The van der Waals surface area contributed by atoms with Gasteiger partial charge >= 0.3 is 0 Å². The first-order valence-electron chi connectivity index (χ1n) is 9.74. The highest BCUT2D eigenvalue weighted by atomic mass is 16.5. The molecule has 0 saturated heterocycles. The van der Waals surface area contributed by atoms with E-state index in [-0.39, 0.29) is 17.5 Å². The number of fused-ring (bicyclic) bond motifs is 1. The number of anilines is 1. The van der Waals surface area contributed by atoms with Crippen LogP contribution in [0.25, 0.3) is 11.0 Å². The van der Waals surface area contributed by atoms with Gasteiger partial charge in [-0.05, 0) is 52.3 Å². The van der Waals surface area contributed by atoms with Gasteiger partial charge in [-0.2, -0.15) is 10.1 Å². The van der Waals surface area contributed by atoms with E-state index in [1.54, 1.807) is 49.1 Å². The fraction of sp³-hybridized carbons (Fsp3) is 0.429. The highest BCUT2D eigenvalue weighted by Crippen LogP contribution is 2.26. The number of methoxy groups -OCH3 is 1. The monoisotopic (exact) mass is 413 g/mol. The quantitative estimate of drug-likeness (QED) is 0.584. The van der Waals surface area contributed by atoms with Crippen molar-refractivity contribution in [1.29, 1.82) is 0 Å². The fourth-order valence-electron chi connectivity index (χ4n) is 2.81. The van der Waals surface area contributed by atoms with Gasteiger partial charge in [0.1, 0.15) is 11.3 Å². The largest absolute Gasteiger partial charge is 0.480 e. The van der Waals surface area contributed by atoms with Crippen molar-refractivity contribution >= 4 is 22.6 Å². The second kappa shape index (κ2) is 8.66. The molecular formula is C21H27N5O4. The van der Waals surface area contributed by atoms with E-state index in [2.05, 4.69) is 20.4 Å². The Morgan fingerprint density at radius 3 is 2.77 bits per heavy atom. The molecule has 2 N–H and O–H groups in total. The molecule has 0 bridgehead atoms. The van der Waals surface area contributed by atoms with Gasteiger partial charge in [-0.3, -0.25) is 9.48 Å². The number of nitrogens with one attached hydrogen (secondary N) is 1. The standard InChI is InChI=1S/C21H27N5O4/c1-13(2)30-19-15(18(27)23-16-7-6-9-22-20(16)29-5)11-14-12-26(25-17(14)24-19)10-8-21(3,4)28/h6-7,9,11-13,28H,8,10H2,1-5H3,(H,23,27). The highest BCUT2D eigenvalue weighted by molar-refractivity contribution is 6.08. The van der Waals surface area contributed by atoms with Crippen LogP contribution in [0.3, 0.4) is 0 Å². The summed E-state index contributed by atoms with van der Waals surface area (Å²) in [5.74, 6) is 0.117. The summed E-state index contributed by atoms with van der Waals surface area (Å²) in [6, 6.07) is 5.11. The number of hydrogen-bond acceptors (Lipinski definition) is 7. The molecule has 3 heterocycles. The van der Waals surface area contributed by atoms with Crippen molar-refractivity contribution in [3.05, 3.63) is 36.2 Å². The first kappa shape index (κ1) is 21.5. The van der Waals surface area contributed by atoms with E-state index < -0.39 is 11.5 Å². The van der Waals surface area contributed by atoms with Gasteiger partial charge in [0, 0.05) is 24.3 Å². The summed E-state index contributed by atoms with van der Waals surface area (Å²) in [6.07, 6.45) is 3.74. The van der Waals surface area contributed by atoms with Crippen LogP contribution in [-0.2, 0) is 6.54 Å². The molecule has 0 atom stereocenters. The molecule has 0 spiro atoms. The van der Waals surface area contributed by atoms with E-state index in [1.807, 2.05) is 13.8 Å². The fourth-order valence-corrected chi connectivity index (χ4v) is 2.81. The van der Waals surface area contributed by atoms with Crippen LogP contribution in [0.2, 0.25) is 0 Å². The minimum absolute atomic E-state index is 0.174. The van der Waals surface area contributed by atoms with Gasteiger partial charge in [-0.1, -0.05) is 0 Å². The Kier molecular flexibility index (Phi) is 6.21. The van der Waals surface area contributed by atoms with Gasteiger partial charge in [0.2, 0.25) is 11.8 Å². The Morgan fingerprint density at radius 1 is 1.33 bits per heavy atom. The molecule has 3 rings (SSSR count). The van der Waals surface area contributed by atoms with Gasteiger partial charge < -0.3 is 19.9 Å². The SMILES string of the molecule is COc1ncccc1NC(=O)c1cc2cn(CCC(C)(C)O)nc2nc1OC(C)C. The molecule has 0 radical (unpaired) electrons. The first-order chi connectivity index (χ1) is 14.2.